The van der Waals surface area contributed by atoms with Crippen molar-refractivity contribution in [3.05, 3.63) is 33.9 Å². The van der Waals surface area contributed by atoms with Crippen LogP contribution in [0.3, 0.4) is 0 Å². The van der Waals surface area contributed by atoms with Crippen molar-refractivity contribution in [2.45, 2.75) is 12.2 Å². The molecule has 138 valence electrons. The second-order valence-electron chi connectivity index (χ2n) is 4.92. The van der Waals surface area contributed by atoms with Gasteiger partial charge in [0, 0.05) is 32.2 Å². The van der Waals surface area contributed by atoms with Gasteiger partial charge in [-0.2, -0.15) is 13.2 Å². The zero-order valence-corrected chi connectivity index (χ0v) is 14.3. The van der Waals surface area contributed by atoms with E-state index in [9.17, 15) is 23.3 Å². The summed E-state index contributed by atoms with van der Waals surface area (Å²) in [4.78, 5) is 11.5. The average molecular weight is 392 g/mol. The van der Waals surface area contributed by atoms with E-state index in [4.69, 9.17) is 4.74 Å². The van der Waals surface area contributed by atoms with Crippen molar-refractivity contribution in [3.63, 3.8) is 0 Å². The predicted octanol–water partition coefficient (Wildman–Crippen LogP) is 2.96. The minimum Gasteiger partial charge on any atom is -0.490 e. The number of benzene rings is 1. The molecule has 1 aromatic rings. The molecule has 1 aromatic carbocycles. The van der Waals surface area contributed by atoms with E-state index in [1.54, 1.807) is 0 Å². The first-order valence-electron chi connectivity index (χ1n) is 6.68. The Morgan fingerprint density at radius 3 is 2.33 bits per heavy atom. The lowest BCUT2D eigenvalue weighted by Crippen LogP contribution is -2.49. The summed E-state index contributed by atoms with van der Waals surface area (Å²) in [6.45, 7) is 1.35. The maximum Gasteiger partial charge on any atom is 0.408 e. The highest BCUT2D eigenvalue weighted by molar-refractivity contribution is 5.85. The van der Waals surface area contributed by atoms with Gasteiger partial charge in [0.05, 0.1) is 12.0 Å². The largest absolute Gasteiger partial charge is 0.490 e. The molecule has 0 bridgehead atoms. The van der Waals surface area contributed by atoms with Gasteiger partial charge in [-0.1, -0.05) is 6.07 Å². The van der Waals surface area contributed by atoms with E-state index in [-0.39, 0.29) is 49.2 Å². The summed E-state index contributed by atoms with van der Waals surface area (Å²) < 4.78 is 45.2. The number of hydrogen-bond donors (Lipinski definition) is 1. The van der Waals surface area contributed by atoms with E-state index in [0.717, 1.165) is 6.07 Å². The summed E-state index contributed by atoms with van der Waals surface area (Å²) in [5.74, 6) is -0.0602. The summed E-state index contributed by atoms with van der Waals surface area (Å²) in [6.07, 6.45) is -4.51. The van der Waals surface area contributed by atoms with Crippen molar-refractivity contribution in [1.29, 1.82) is 0 Å². The normalized spacial score (nSPS) is 16.5. The van der Waals surface area contributed by atoms with E-state index in [2.05, 4.69) is 5.32 Å². The van der Waals surface area contributed by atoms with Crippen LogP contribution in [0.15, 0.2) is 18.2 Å². The minimum absolute atomic E-state index is 0. The Bertz CT molecular complexity index is 555. The third kappa shape index (κ3) is 5.10. The topological polar surface area (TPSA) is 67.6 Å². The number of methoxy groups -OCH3 is 1. The molecule has 2 rings (SSSR count). The predicted molar refractivity (Wildman–Crippen MR) is 87.4 cm³/mol. The zero-order valence-electron chi connectivity index (χ0n) is 12.7. The molecule has 0 spiro atoms. The third-order valence-electron chi connectivity index (χ3n) is 3.54. The van der Waals surface area contributed by atoms with Crippen LogP contribution in [0.5, 0.6) is 5.75 Å². The van der Waals surface area contributed by atoms with Crippen LogP contribution in [0.2, 0.25) is 0 Å². The minimum atomic E-state index is -4.51. The Morgan fingerprint density at radius 1 is 1.29 bits per heavy atom. The Kier molecular flexibility index (Phi) is 8.76. The van der Waals surface area contributed by atoms with Gasteiger partial charge in [-0.15, -0.1) is 24.8 Å². The monoisotopic (exact) mass is 391 g/mol. The van der Waals surface area contributed by atoms with Gasteiger partial charge in [-0.05, 0) is 11.6 Å². The summed E-state index contributed by atoms with van der Waals surface area (Å²) >= 11 is 0. The number of ether oxygens (including phenoxy) is 1. The highest BCUT2D eigenvalue weighted by Gasteiger charge is 2.45. The Morgan fingerprint density at radius 2 is 1.88 bits per heavy atom. The number of nitrogens with one attached hydrogen (secondary N) is 1. The summed E-state index contributed by atoms with van der Waals surface area (Å²) in [5, 5.41) is 14.0. The fraction of sp³-hybridized carbons (Fsp3) is 0.538. The second-order valence-corrected chi connectivity index (χ2v) is 4.92. The van der Waals surface area contributed by atoms with Crippen molar-refractivity contribution in [3.8, 4) is 5.75 Å². The molecule has 1 atom stereocenters. The quantitative estimate of drug-likeness (QED) is 0.631. The van der Waals surface area contributed by atoms with Crippen LogP contribution in [0.4, 0.5) is 18.9 Å². The highest BCUT2D eigenvalue weighted by atomic mass is 35.5. The van der Waals surface area contributed by atoms with Gasteiger partial charge in [0.2, 0.25) is 0 Å². The number of nitro benzene ring substituents is 1. The molecule has 24 heavy (non-hydrogen) atoms. The first kappa shape index (κ1) is 22.7. The van der Waals surface area contributed by atoms with Gasteiger partial charge >= 0.3 is 11.9 Å². The number of piperazine rings is 1. The fourth-order valence-corrected chi connectivity index (χ4v) is 2.57. The molecule has 0 unspecified atom stereocenters. The van der Waals surface area contributed by atoms with Crippen LogP contribution in [-0.4, -0.2) is 49.3 Å². The van der Waals surface area contributed by atoms with Crippen molar-refractivity contribution in [2.24, 2.45) is 0 Å². The van der Waals surface area contributed by atoms with E-state index >= 15 is 0 Å². The molecule has 0 saturated carbocycles. The fourth-order valence-electron chi connectivity index (χ4n) is 2.57. The number of alkyl halides is 3. The molecule has 1 fully saturated rings. The summed E-state index contributed by atoms with van der Waals surface area (Å²) in [7, 11) is 1.24. The van der Waals surface area contributed by atoms with Crippen molar-refractivity contribution >= 4 is 30.5 Å². The van der Waals surface area contributed by atoms with Crippen molar-refractivity contribution in [1.82, 2.24) is 10.2 Å². The summed E-state index contributed by atoms with van der Waals surface area (Å²) in [6, 6.07) is 1.51. The van der Waals surface area contributed by atoms with Gasteiger partial charge < -0.3 is 10.1 Å². The van der Waals surface area contributed by atoms with Gasteiger partial charge in [-0.25, -0.2) is 0 Å². The van der Waals surface area contributed by atoms with Gasteiger partial charge in [-0.3, -0.25) is 15.0 Å². The van der Waals surface area contributed by atoms with E-state index in [1.165, 1.54) is 24.1 Å². The van der Waals surface area contributed by atoms with Gasteiger partial charge in [0.25, 0.3) is 0 Å². The van der Waals surface area contributed by atoms with Gasteiger partial charge in [0.15, 0.2) is 5.75 Å². The number of hydrogen-bond acceptors (Lipinski definition) is 5. The molecule has 1 aliphatic rings. The number of nitrogens with zero attached hydrogens (tertiary/aromatic N) is 2. The van der Waals surface area contributed by atoms with Crippen LogP contribution in [-0.2, 0) is 0 Å². The van der Waals surface area contributed by atoms with Crippen LogP contribution >= 0.6 is 24.8 Å². The highest BCUT2D eigenvalue weighted by Crippen LogP contribution is 2.40. The molecule has 0 radical (unpaired) electrons. The van der Waals surface area contributed by atoms with Crippen LogP contribution < -0.4 is 10.1 Å². The second kappa shape index (κ2) is 9.26. The molecular formula is C13H18Cl2F3N3O3. The molecule has 11 heteroatoms. The van der Waals surface area contributed by atoms with E-state index < -0.39 is 22.8 Å². The van der Waals surface area contributed by atoms with Crippen molar-refractivity contribution < 1.29 is 22.8 Å². The first-order chi connectivity index (χ1) is 10.3. The summed E-state index contributed by atoms with van der Waals surface area (Å²) in [5.41, 5.74) is -0.619. The Hall–Kier alpha value is -1.29. The SMILES string of the molecule is COc1ccc([C@H](N2CCNCC2)C(F)(F)F)cc1[N+](=O)[O-].Cl.Cl. The molecule has 0 amide bonds. The number of halogens is 5. The maximum atomic E-state index is 13.4. The lowest BCUT2D eigenvalue weighted by atomic mass is 10.0. The molecular weight excluding hydrogens is 374 g/mol. The van der Waals surface area contributed by atoms with Crippen LogP contribution in [0.1, 0.15) is 11.6 Å². The first-order valence-corrected chi connectivity index (χ1v) is 6.68. The maximum absolute atomic E-state index is 13.4. The van der Waals surface area contributed by atoms with Crippen molar-refractivity contribution in [2.75, 3.05) is 33.3 Å². The van der Waals surface area contributed by atoms with Gasteiger partial charge in [0.1, 0.15) is 6.04 Å². The number of rotatable bonds is 4. The molecule has 6 nitrogen and oxygen atoms in total. The molecule has 0 aromatic heterocycles. The third-order valence-corrected chi connectivity index (χ3v) is 3.54. The lowest BCUT2D eigenvalue weighted by molar-refractivity contribution is -0.385. The zero-order chi connectivity index (χ0) is 16.3. The smallest absolute Gasteiger partial charge is 0.408 e. The molecule has 1 heterocycles. The number of nitro groups is 1. The molecule has 1 saturated heterocycles. The molecule has 1 aliphatic heterocycles. The molecule has 1 N–H and O–H groups in total. The molecule has 0 aliphatic carbocycles. The standard InChI is InChI=1S/C13H16F3N3O3.2ClH/c1-22-11-3-2-9(8-10(11)19(20)21)12(13(14,15)16)18-6-4-17-5-7-18;;/h2-3,8,12,17H,4-7H2,1H3;2*1H/t12-;;/m0../s1. The van der Waals surface area contributed by atoms with Crippen LogP contribution in [0, 0.1) is 10.1 Å². The van der Waals surface area contributed by atoms with E-state index in [1.807, 2.05) is 0 Å². The Balaban J connectivity index is 0.00000264. The lowest BCUT2D eigenvalue weighted by Gasteiger charge is -2.36. The van der Waals surface area contributed by atoms with Crippen LogP contribution in [0.25, 0.3) is 0 Å². The average Bonchev–Trinajstić information content (AvgIpc) is 2.47. The van der Waals surface area contributed by atoms with E-state index in [0.29, 0.717) is 13.1 Å². The Labute approximate surface area is 149 Å².